The zero-order chi connectivity index (χ0) is 19.2. The molecule has 0 saturated carbocycles. The number of carbonyl (C=O) groups excluding carboxylic acids is 2. The lowest BCUT2D eigenvalue weighted by Crippen LogP contribution is -2.46. The van der Waals surface area contributed by atoms with Gasteiger partial charge in [0.1, 0.15) is 11.6 Å². The van der Waals surface area contributed by atoms with Crippen LogP contribution in [0.5, 0.6) is 0 Å². The van der Waals surface area contributed by atoms with Crippen LogP contribution in [0.3, 0.4) is 0 Å². The Morgan fingerprint density at radius 1 is 1.30 bits per heavy atom. The molecule has 144 valence electrons. The van der Waals surface area contributed by atoms with Crippen molar-refractivity contribution in [2.24, 2.45) is 5.92 Å². The minimum absolute atomic E-state index is 0.108. The van der Waals surface area contributed by atoms with Gasteiger partial charge in [-0.15, -0.1) is 0 Å². The van der Waals surface area contributed by atoms with Gasteiger partial charge in [-0.2, -0.15) is 0 Å². The lowest BCUT2D eigenvalue weighted by Gasteiger charge is -2.31. The van der Waals surface area contributed by atoms with Gasteiger partial charge in [-0.25, -0.2) is 9.18 Å². The van der Waals surface area contributed by atoms with E-state index in [1.807, 2.05) is 0 Å². The predicted molar refractivity (Wildman–Crippen MR) is 97.7 cm³/mol. The fourth-order valence-corrected chi connectivity index (χ4v) is 3.12. The molecule has 7 nitrogen and oxygen atoms in total. The summed E-state index contributed by atoms with van der Waals surface area (Å²) >= 11 is 0. The van der Waals surface area contributed by atoms with Crippen LogP contribution in [0.1, 0.15) is 24.2 Å². The van der Waals surface area contributed by atoms with Crippen LogP contribution in [0, 0.1) is 18.7 Å². The summed E-state index contributed by atoms with van der Waals surface area (Å²) in [6, 6.07) is 8.01. The molecule has 1 aromatic heterocycles. The van der Waals surface area contributed by atoms with Crippen molar-refractivity contribution in [3.63, 3.8) is 0 Å². The van der Waals surface area contributed by atoms with Crippen molar-refractivity contribution in [3.05, 3.63) is 47.5 Å². The highest BCUT2D eigenvalue weighted by Gasteiger charge is 2.27. The SMILES string of the molecule is Cc1cc(NC(=O)C2CCN(C(=O)NCCc3ccccc3F)CC2)no1. The third-order valence-electron chi connectivity index (χ3n) is 4.66. The lowest BCUT2D eigenvalue weighted by atomic mass is 9.96. The number of urea groups is 1. The Morgan fingerprint density at radius 2 is 2.04 bits per heavy atom. The van der Waals surface area contributed by atoms with Gasteiger partial charge in [-0.3, -0.25) is 4.79 Å². The number of likely N-dealkylation sites (tertiary alicyclic amines) is 1. The Balaban J connectivity index is 1.40. The van der Waals surface area contributed by atoms with Crippen LogP contribution < -0.4 is 10.6 Å². The highest BCUT2D eigenvalue weighted by molar-refractivity contribution is 5.91. The molecular weight excluding hydrogens is 351 g/mol. The van der Waals surface area contributed by atoms with E-state index in [0.29, 0.717) is 56.0 Å². The number of aromatic nitrogens is 1. The van der Waals surface area contributed by atoms with E-state index in [1.54, 1.807) is 36.1 Å². The maximum atomic E-state index is 13.6. The van der Waals surface area contributed by atoms with Crippen molar-refractivity contribution in [2.75, 3.05) is 25.0 Å². The Bertz CT molecular complexity index is 800. The number of piperidine rings is 1. The normalized spacial score (nSPS) is 14.8. The summed E-state index contributed by atoms with van der Waals surface area (Å²) in [5.74, 6) is 0.506. The van der Waals surface area contributed by atoms with Crippen LogP contribution >= 0.6 is 0 Å². The van der Waals surface area contributed by atoms with E-state index in [1.165, 1.54) is 6.07 Å². The number of amides is 3. The third-order valence-corrected chi connectivity index (χ3v) is 4.66. The molecule has 3 rings (SSSR count). The number of benzene rings is 1. The number of rotatable bonds is 5. The molecule has 0 aliphatic carbocycles. The summed E-state index contributed by atoms with van der Waals surface area (Å²) < 4.78 is 18.5. The standard InChI is InChI=1S/C19H23FN4O3/c1-13-12-17(23-27-13)22-18(25)15-7-10-24(11-8-15)19(26)21-9-6-14-4-2-3-5-16(14)20/h2-5,12,15H,6-11H2,1H3,(H,21,26)(H,22,23,25). The zero-order valence-electron chi connectivity index (χ0n) is 15.2. The molecule has 1 aromatic carbocycles. The number of aryl methyl sites for hydroxylation is 1. The first-order valence-corrected chi connectivity index (χ1v) is 9.03. The van der Waals surface area contributed by atoms with Crippen molar-refractivity contribution in [1.82, 2.24) is 15.4 Å². The Hall–Kier alpha value is -2.90. The minimum Gasteiger partial charge on any atom is -0.360 e. The van der Waals surface area contributed by atoms with Gasteiger partial charge < -0.3 is 20.1 Å². The van der Waals surface area contributed by atoms with Gasteiger partial charge in [0.05, 0.1) is 0 Å². The van der Waals surface area contributed by atoms with E-state index >= 15 is 0 Å². The van der Waals surface area contributed by atoms with Crippen molar-refractivity contribution in [2.45, 2.75) is 26.2 Å². The van der Waals surface area contributed by atoms with Crippen molar-refractivity contribution < 1.29 is 18.5 Å². The number of anilines is 1. The van der Waals surface area contributed by atoms with Gasteiger partial charge in [-0.05, 0) is 37.8 Å². The molecule has 0 unspecified atom stereocenters. The number of hydrogen-bond acceptors (Lipinski definition) is 4. The van der Waals surface area contributed by atoms with Crippen LogP contribution in [-0.2, 0) is 11.2 Å². The van der Waals surface area contributed by atoms with Gasteiger partial charge in [0.15, 0.2) is 5.82 Å². The van der Waals surface area contributed by atoms with Gasteiger partial charge in [0.25, 0.3) is 0 Å². The molecule has 1 fully saturated rings. The molecule has 1 aliphatic heterocycles. The quantitative estimate of drug-likeness (QED) is 0.842. The van der Waals surface area contributed by atoms with Crippen LogP contribution in [-0.4, -0.2) is 41.6 Å². The predicted octanol–water partition coefficient (Wildman–Crippen LogP) is 2.72. The second-order valence-corrected chi connectivity index (χ2v) is 6.65. The summed E-state index contributed by atoms with van der Waals surface area (Å²) in [4.78, 5) is 26.2. The molecule has 1 aliphatic rings. The van der Waals surface area contributed by atoms with Gasteiger partial charge >= 0.3 is 6.03 Å². The second kappa shape index (κ2) is 8.66. The van der Waals surface area contributed by atoms with E-state index in [2.05, 4.69) is 15.8 Å². The largest absolute Gasteiger partial charge is 0.360 e. The van der Waals surface area contributed by atoms with Crippen molar-refractivity contribution in [1.29, 1.82) is 0 Å². The van der Waals surface area contributed by atoms with Gasteiger partial charge in [-0.1, -0.05) is 23.4 Å². The molecule has 8 heteroatoms. The molecule has 1 saturated heterocycles. The molecule has 0 atom stereocenters. The number of hydrogen-bond donors (Lipinski definition) is 2. The second-order valence-electron chi connectivity index (χ2n) is 6.65. The topological polar surface area (TPSA) is 87.5 Å². The monoisotopic (exact) mass is 374 g/mol. The number of carbonyl (C=O) groups is 2. The first kappa shape index (κ1) is 18.9. The molecule has 0 bridgehead atoms. The van der Waals surface area contributed by atoms with E-state index in [4.69, 9.17) is 4.52 Å². The average Bonchev–Trinajstić information content (AvgIpc) is 3.08. The Labute approximate surface area is 156 Å². The van der Waals surface area contributed by atoms with Crippen LogP contribution in [0.15, 0.2) is 34.9 Å². The van der Waals surface area contributed by atoms with E-state index < -0.39 is 0 Å². The number of nitrogens with zero attached hydrogens (tertiary/aromatic N) is 2. The maximum Gasteiger partial charge on any atom is 0.317 e. The average molecular weight is 374 g/mol. The Kier molecular flexibility index (Phi) is 6.05. The first-order chi connectivity index (χ1) is 13.0. The van der Waals surface area contributed by atoms with Gasteiger partial charge in [0, 0.05) is 31.6 Å². The summed E-state index contributed by atoms with van der Waals surface area (Å²) in [7, 11) is 0. The highest BCUT2D eigenvalue weighted by atomic mass is 19.1. The molecule has 27 heavy (non-hydrogen) atoms. The lowest BCUT2D eigenvalue weighted by molar-refractivity contribution is -0.121. The first-order valence-electron chi connectivity index (χ1n) is 9.03. The van der Waals surface area contributed by atoms with Crippen molar-refractivity contribution in [3.8, 4) is 0 Å². The zero-order valence-corrected chi connectivity index (χ0v) is 15.2. The van der Waals surface area contributed by atoms with Crippen molar-refractivity contribution >= 4 is 17.8 Å². The minimum atomic E-state index is -0.263. The smallest absolute Gasteiger partial charge is 0.317 e. The molecular formula is C19H23FN4O3. The summed E-state index contributed by atoms with van der Waals surface area (Å²) in [5, 5.41) is 9.30. The van der Waals surface area contributed by atoms with E-state index in [0.717, 1.165) is 0 Å². The number of nitrogens with one attached hydrogen (secondary N) is 2. The fraction of sp³-hybridized carbons (Fsp3) is 0.421. The van der Waals surface area contributed by atoms with E-state index in [-0.39, 0.29) is 23.7 Å². The van der Waals surface area contributed by atoms with Crippen LogP contribution in [0.4, 0.5) is 15.0 Å². The highest BCUT2D eigenvalue weighted by Crippen LogP contribution is 2.19. The summed E-state index contributed by atoms with van der Waals surface area (Å²) in [6.45, 7) is 3.13. The summed E-state index contributed by atoms with van der Waals surface area (Å²) in [5.41, 5.74) is 0.580. The van der Waals surface area contributed by atoms with E-state index in [9.17, 15) is 14.0 Å². The fourth-order valence-electron chi connectivity index (χ4n) is 3.12. The maximum absolute atomic E-state index is 13.6. The van der Waals surface area contributed by atoms with Crippen LogP contribution in [0.25, 0.3) is 0 Å². The summed E-state index contributed by atoms with van der Waals surface area (Å²) in [6.07, 6.45) is 1.61. The van der Waals surface area contributed by atoms with Gasteiger partial charge in [0.2, 0.25) is 5.91 Å². The molecule has 2 heterocycles. The molecule has 0 spiro atoms. The Morgan fingerprint density at radius 3 is 2.70 bits per heavy atom. The number of halogens is 1. The molecule has 3 amide bonds. The van der Waals surface area contributed by atoms with Crippen LogP contribution in [0.2, 0.25) is 0 Å². The molecule has 2 aromatic rings. The molecule has 0 radical (unpaired) electrons. The molecule has 2 N–H and O–H groups in total. The third kappa shape index (κ3) is 5.06.